The van der Waals surface area contributed by atoms with E-state index in [4.69, 9.17) is 23.2 Å². The molecule has 0 saturated heterocycles. The second-order valence-corrected chi connectivity index (χ2v) is 5.97. The van der Waals surface area contributed by atoms with Crippen LogP contribution in [0.4, 0.5) is 0 Å². The van der Waals surface area contributed by atoms with Crippen LogP contribution in [0.2, 0.25) is 10.0 Å². The van der Waals surface area contributed by atoms with Crippen molar-refractivity contribution in [1.29, 1.82) is 0 Å². The van der Waals surface area contributed by atoms with Crippen LogP contribution in [-0.2, 0) is 11.3 Å². The van der Waals surface area contributed by atoms with Gasteiger partial charge in [-0.3, -0.25) is 4.79 Å². The highest BCUT2D eigenvalue weighted by atomic mass is 35.5. The summed E-state index contributed by atoms with van der Waals surface area (Å²) in [6.45, 7) is 3.30. The molecule has 22 heavy (non-hydrogen) atoms. The summed E-state index contributed by atoms with van der Waals surface area (Å²) in [5.74, 6) is 0.567. The molecule has 0 radical (unpaired) electrons. The van der Waals surface area contributed by atoms with Crippen LogP contribution in [0, 0.1) is 0 Å². The Morgan fingerprint density at radius 1 is 1.32 bits per heavy atom. The molecule has 1 fully saturated rings. The Morgan fingerprint density at radius 2 is 2.09 bits per heavy atom. The van der Waals surface area contributed by atoms with E-state index in [9.17, 15) is 4.79 Å². The van der Waals surface area contributed by atoms with Crippen molar-refractivity contribution in [3.63, 3.8) is 0 Å². The fourth-order valence-electron chi connectivity index (χ4n) is 1.83. The number of nitrogens with one attached hydrogen (secondary N) is 3. The molecule has 2 rings (SSSR count). The topological polar surface area (TPSA) is 65.5 Å². The number of rotatable bonds is 6. The lowest BCUT2D eigenvalue weighted by Gasteiger charge is -2.11. The molecule has 3 N–H and O–H groups in total. The SMILES string of the molecule is CCNC(=NCc1ccc(Cl)cc1Cl)NCC(=O)NC1CC1. The minimum atomic E-state index is -0.0161. The average Bonchev–Trinajstić information content (AvgIpc) is 3.27. The molecule has 0 bridgehead atoms. The lowest BCUT2D eigenvalue weighted by Crippen LogP contribution is -2.43. The number of benzene rings is 1. The van der Waals surface area contributed by atoms with E-state index in [0.717, 1.165) is 18.4 Å². The minimum absolute atomic E-state index is 0.0161. The molecule has 7 heteroatoms. The Morgan fingerprint density at radius 3 is 2.73 bits per heavy atom. The molecule has 0 unspecified atom stereocenters. The van der Waals surface area contributed by atoms with Crippen LogP contribution >= 0.6 is 23.2 Å². The van der Waals surface area contributed by atoms with Gasteiger partial charge >= 0.3 is 0 Å². The Hall–Kier alpha value is -1.46. The number of aliphatic imine (C=N–C) groups is 1. The Labute approximate surface area is 140 Å². The zero-order chi connectivity index (χ0) is 15.9. The summed E-state index contributed by atoms with van der Waals surface area (Å²) < 4.78 is 0. The number of carbonyl (C=O) groups excluding carboxylic acids is 1. The van der Waals surface area contributed by atoms with Crippen molar-refractivity contribution in [3.8, 4) is 0 Å². The number of carbonyl (C=O) groups is 1. The summed E-state index contributed by atoms with van der Waals surface area (Å²) in [6, 6.07) is 5.68. The minimum Gasteiger partial charge on any atom is -0.357 e. The van der Waals surface area contributed by atoms with Crippen LogP contribution in [0.3, 0.4) is 0 Å². The van der Waals surface area contributed by atoms with E-state index in [1.54, 1.807) is 12.1 Å². The van der Waals surface area contributed by atoms with Gasteiger partial charge in [0.1, 0.15) is 0 Å². The zero-order valence-corrected chi connectivity index (χ0v) is 14.0. The van der Waals surface area contributed by atoms with Crippen LogP contribution in [0.15, 0.2) is 23.2 Å². The third-order valence-electron chi connectivity index (χ3n) is 3.13. The largest absolute Gasteiger partial charge is 0.357 e. The quantitative estimate of drug-likeness (QED) is 0.549. The Kier molecular flexibility index (Phi) is 6.34. The van der Waals surface area contributed by atoms with Gasteiger partial charge < -0.3 is 16.0 Å². The van der Waals surface area contributed by atoms with Gasteiger partial charge in [0.2, 0.25) is 5.91 Å². The van der Waals surface area contributed by atoms with Crippen LogP contribution in [0.25, 0.3) is 0 Å². The molecule has 0 heterocycles. The van der Waals surface area contributed by atoms with E-state index in [-0.39, 0.29) is 12.5 Å². The van der Waals surface area contributed by atoms with Gasteiger partial charge in [-0.15, -0.1) is 0 Å². The fraction of sp³-hybridized carbons (Fsp3) is 0.467. The molecule has 5 nitrogen and oxygen atoms in total. The molecular weight excluding hydrogens is 323 g/mol. The number of guanidine groups is 1. The second kappa shape index (κ2) is 8.25. The lowest BCUT2D eigenvalue weighted by molar-refractivity contribution is -0.120. The smallest absolute Gasteiger partial charge is 0.239 e. The molecule has 1 aliphatic rings. The monoisotopic (exact) mass is 342 g/mol. The maximum atomic E-state index is 11.7. The first-order chi connectivity index (χ1) is 10.6. The highest BCUT2D eigenvalue weighted by Gasteiger charge is 2.22. The summed E-state index contributed by atoms with van der Waals surface area (Å²) in [5.41, 5.74) is 0.880. The van der Waals surface area contributed by atoms with Gasteiger partial charge in [0.05, 0.1) is 13.1 Å². The van der Waals surface area contributed by atoms with Crippen LogP contribution < -0.4 is 16.0 Å². The average molecular weight is 343 g/mol. The molecule has 1 aromatic carbocycles. The van der Waals surface area contributed by atoms with E-state index < -0.39 is 0 Å². The third kappa shape index (κ3) is 5.73. The summed E-state index contributed by atoms with van der Waals surface area (Å²) in [4.78, 5) is 16.1. The van der Waals surface area contributed by atoms with E-state index in [1.807, 2.05) is 13.0 Å². The second-order valence-electron chi connectivity index (χ2n) is 5.13. The van der Waals surface area contributed by atoms with Gasteiger partial charge in [-0.05, 0) is 37.5 Å². The number of halogens is 2. The summed E-state index contributed by atoms with van der Waals surface area (Å²) in [7, 11) is 0. The Bertz CT molecular complexity index is 558. The van der Waals surface area contributed by atoms with E-state index in [1.165, 1.54) is 0 Å². The molecule has 1 aliphatic carbocycles. The number of amides is 1. The van der Waals surface area contributed by atoms with Crippen molar-refractivity contribution in [2.45, 2.75) is 32.4 Å². The highest BCUT2D eigenvalue weighted by molar-refractivity contribution is 6.35. The summed E-state index contributed by atoms with van der Waals surface area (Å²) >= 11 is 12.0. The van der Waals surface area contributed by atoms with Gasteiger partial charge in [-0.2, -0.15) is 0 Å². The van der Waals surface area contributed by atoms with E-state index in [0.29, 0.717) is 35.1 Å². The standard InChI is InChI=1S/C15H20Cl2N4O/c1-2-18-15(20-9-14(22)21-12-5-6-12)19-8-10-3-4-11(16)7-13(10)17/h3-4,7,12H,2,5-6,8-9H2,1H3,(H,21,22)(H2,18,19,20). The van der Waals surface area contributed by atoms with Crippen molar-refractivity contribution >= 4 is 35.1 Å². The lowest BCUT2D eigenvalue weighted by atomic mass is 10.2. The van der Waals surface area contributed by atoms with Crippen molar-refractivity contribution < 1.29 is 4.79 Å². The van der Waals surface area contributed by atoms with Gasteiger partial charge in [0.15, 0.2) is 5.96 Å². The summed E-state index contributed by atoms with van der Waals surface area (Å²) in [5, 5.41) is 10.2. The van der Waals surface area contributed by atoms with Gasteiger partial charge in [0.25, 0.3) is 0 Å². The molecule has 1 amide bonds. The van der Waals surface area contributed by atoms with Crippen LogP contribution in [0.5, 0.6) is 0 Å². The number of nitrogens with zero attached hydrogens (tertiary/aromatic N) is 1. The molecular formula is C15H20Cl2N4O. The molecule has 0 spiro atoms. The third-order valence-corrected chi connectivity index (χ3v) is 3.71. The number of hydrogen-bond donors (Lipinski definition) is 3. The molecule has 1 aromatic rings. The van der Waals surface area contributed by atoms with Crippen LogP contribution in [-0.4, -0.2) is 31.0 Å². The molecule has 1 saturated carbocycles. The molecule has 0 aliphatic heterocycles. The van der Waals surface area contributed by atoms with Crippen molar-refractivity contribution in [2.24, 2.45) is 4.99 Å². The normalized spacial score (nSPS) is 14.6. The molecule has 120 valence electrons. The fourth-order valence-corrected chi connectivity index (χ4v) is 2.29. The maximum absolute atomic E-state index is 11.7. The predicted octanol–water partition coefficient (Wildman–Crippen LogP) is 2.33. The van der Waals surface area contributed by atoms with Gasteiger partial charge in [0, 0.05) is 22.6 Å². The first-order valence-corrected chi connectivity index (χ1v) is 8.09. The van der Waals surface area contributed by atoms with Crippen molar-refractivity contribution in [2.75, 3.05) is 13.1 Å². The number of hydrogen-bond acceptors (Lipinski definition) is 2. The predicted molar refractivity (Wildman–Crippen MR) is 90.4 cm³/mol. The first kappa shape index (κ1) is 16.9. The maximum Gasteiger partial charge on any atom is 0.239 e. The van der Waals surface area contributed by atoms with Crippen LogP contribution in [0.1, 0.15) is 25.3 Å². The molecule has 0 atom stereocenters. The molecule has 0 aromatic heterocycles. The van der Waals surface area contributed by atoms with E-state index in [2.05, 4.69) is 20.9 Å². The van der Waals surface area contributed by atoms with Crippen molar-refractivity contribution in [3.05, 3.63) is 33.8 Å². The zero-order valence-electron chi connectivity index (χ0n) is 12.5. The first-order valence-electron chi connectivity index (χ1n) is 7.34. The van der Waals surface area contributed by atoms with Gasteiger partial charge in [-0.25, -0.2) is 4.99 Å². The Balaban J connectivity index is 1.89. The summed E-state index contributed by atoms with van der Waals surface area (Å²) in [6.07, 6.45) is 2.16. The van der Waals surface area contributed by atoms with Crippen molar-refractivity contribution in [1.82, 2.24) is 16.0 Å². The van der Waals surface area contributed by atoms with E-state index >= 15 is 0 Å². The van der Waals surface area contributed by atoms with Gasteiger partial charge in [-0.1, -0.05) is 29.3 Å². The highest BCUT2D eigenvalue weighted by Crippen LogP contribution is 2.21.